The normalized spacial score (nSPS) is 13.2. The minimum absolute atomic E-state index is 0.0187. The number of thiophene rings is 1. The lowest BCUT2D eigenvalue weighted by Crippen LogP contribution is -2.35. The van der Waals surface area contributed by atoms with Gasteiger partial charge >= 0.3 is 6.01 Å². The second-order valence-electron chi connectivity index (χ2n) is 9.91. The van der Waals surface area contributed by atoms with E-state index in [1.54, 1.807) is 12.3 Å². The van der Waals surface area contributed by atoms with Crippen molar-refractivity contribution in [1.82, 2.24) is 25.3 Å². The summed E-state index contributed by atoms with van der Waals surface area (Å²) in [5, 5.41) is 13.0. The predicted octanol–water partition coefficient (Wildman–Crippen LogP) is 4.26. The largest absolute Gasteiger partial charge is 0.475 e. The Morgan fingerprint density at radius 1 is 1.29 bits per heavy atom. The number of methoxy groups -OCH3 is 1. The number of nitrogens with zero attached hydrogens (tertiary/aromatic N) is 6. The van der Waals surface area contributed by atoms with Gasteiger partial charge in [-0.1, -0.05) is 12.6 Å². The van der Waals surface area contributed by atoms with Gasteiger partial charge in [-0.15, -0.1) is 11.3 Å². The van der Waals surface area contributed by atoms with Crippen LogP contribution in [0.4, 0.5) is 25.4 Å². The van der Waals surface area contributed by atoms with Crippen LogP contribution in [-0.2, 0) is 4.79 Å². The van der Waals surface area contributed by atoms with E-state index in [0.717, 1.165) is 11.3 Å². The maximum Gasteiger partial charge on any atom is 0.318 e. The third-order valence-corrected chi connectivity index (χ3v) is 8.46. The van der Waals surface area contributed by atoms with Gasteiger partial charge in [0.05, 0.1) is 30.0 Å². The number of anilines is 3. The highest BCUT2D eigenvalue weighted by Gasteiger charge is 2.33. The Bertz CT molecular complexity index is 2050. The van der Waals surface area contributed by atoms with Gasteiger partial charge in [0, 0.05) is 29.3 Å². The van der Waals surface area contributed by atoms with Crippen molar-refractivity contribution in [2.75, 3.05) is 43.2 Å². The number of pyridine rings is 2. The highest BCUT2D eigenvalue weighted by molar-refractivity contribution is 7.23. The number of fused-ring (bicyclic) bond motifs is 1. The lowest BCUT2D eigenvalue weighted by Gasteiger charge is -2.33. The highest BCUT2D eigenvalue weighted by atomic mass is 32.1. The molecule has 1 atom stereocenters. The monoisotopic (exact) mass is 629 g/mol. The van der Waals surface area contributed by atoms with Crippen LogP contribution >= 0.6 is 11.3 Å². The number of aromatic nitrogens is 4. The van der Waals surface area contributed by atoms with Crippen LogP contribution in [0.25, 0.3) is 32.2 Å². The fourth-order valence-electron chi connectivity index (χ4n) is 5.43. The summed E-state index contributed by atoms with van der Waals surface area (Å²) < 4.78 is 43.0. The Hall–Kier alpha value is -5.62. The number of nitrogens with one attached hydrogen (secondary N) is 1. The number of nitrogen functional groups attached to an aromatic ring is 2. The van der Waals surface area contributed by atoms with Crippen LogP contribution in [0.15, 0.2) is 43.1 Å². The molecule has 0 saturated heterocycles. The molecule has 5 N–H and O–H groups in total. The number of ether oxygens (including phenoxy) is 2. The van der Waals surface area contributed by atoms with Crippen molar-refractivity contribution in [2.45, 2.75) is 12.5 Å². The molecule has 228 valence electrons. The van der Waals surface area contributed by atoms with E-state index in [0.29, 0.717) is 12.0 Å². The summed E-state index contributed by atoms with van der Waals surface area (Å²) in [7, 11) is 1.35. The number of hydrogen-bond donors (Lipinski definition) is 3. The van der Waals surface area contributed by atoms with E-state index >= 15 is 4.39 Å². The molecule has 0 radical (unpaired) electrons. The van der Waals surface area contributed by atoms with Crippen LogP contribution < -0.4 is 31.2 Å². The van der Waals surface area contributed by atoms with Crippen molar-refractivity contribution in [3.63, 3.8) is 0 Å². The minimum Gasteiger partial charge on any atom is -0.475 e. The average Bonchev–Trinajstić information content (AvgIpc) is 3.28. The molecule has 1 aliphatic heterocycles. The molecule has 6 rings (SSSR count). The summed E-state index contributed by atoms with van der Waals surface area (Å²) in [6.45, 7) is 4.08. The van der Waals surface area contributed by atoms with Gasteiger partial charge in [-0.05, 0) is 30.7 Å². The van der Waals surface area contributed by atoms with E-state index in [2.05, 4.69) is 31.8 Å². The molecular formula is C30H25F2N9O3S. The van der Waals surface area contributed by atoms with Crippen molar-refractivity contribution < 1.29 is 23.0 Å². The number of nitriles is 1. The Morgan fingerprint density at radius 2 is 2.11 bits per heavy atom. The number of hydrogen-bond acceptors (Lipinski definition) is 12. The van der Waals surface area contributed by atoms with Crippen molar-refractivity contribution >= 4 is 54.9 Å². The first kappa shape index (κ1) is 29.5. The van der Waals surface area contributed by atoms with E-state index in [9.17, 15) is 14.4 Å². The summed E-state index contributed by atoms with van der Waals surface area (Å²) in [6.07, 6.45) is 3.10. The van der Waals surface area contributed by atoms with Crippen LogP contribution in [0.1, 0.15) is 23.6 Å². The molecule has 0 saturated carbocycles. The summed E-state index contributed by atoms with van der Waals surface area (Å²) in [4.78, 5) is 31.5. The molecule has 5 aromatic rings. The first-order valence-electron chi connectivity index (χ1n) is 13.6. The Balaban J connectivity index is 1.58. The van der Waals surface area contributed by atoms with Crippen molar-refractivity contribution in [3.8, 4) is 29.2 Å². The fourth-order valence-corrected chi connectivity index (χ4v) is 6.38. The number of carbonyl (C=O) groups excluding carboxylic acids is 1. The van der Waals surface area contributed by atoms with Gasteiger partial charge in [0.25, 0.3) is 0 Å². The molecule has 4 aromatic heterocycles. The van der Waals surface area contributed by atoms with Gasteiger partial charge in [-0.3, -0.25) is 4.79 Å². The van der Waals surface area contributed by atoms with E-state index in [4.69, 9.17) is 20.9 Å². The topological polar surface area (TPSA) is 178 Å². The summed E-state index contributed by atoms with van der Waals surface area (Å²) in [6, 6.07) is 7.41. The van der Waals surface area contributed by atoms with Crippen molar-refractivity contribution in [3.05, 3.63) is 65.9 Å². The zero-order valence-corrected chi connectivity index (χ0v) is 24.6. The molecule has 1 aliphatic rings. The smallest absolute Gasteiger partial charge is 0.318 e. The van der Waals surface area contributed by atoms with Gasteiger partial charge in [-0.25, -0.2) is 18.7 Å². The highest BCUT2D eigenvalue weighted by Crippen LogP contribution is 2.45. The van der Waals surface area contributed by atoms with Crippen molar-refractivity contribution in [1.29, 1.82) is 5.26 Å². The molecular weight excluding hydrogens is 604 g/mol. The van der Waals surface area contributed by atoms with E-state index in [1.165, 1.54) is 25.3 Å². The Morgan fingerprint density at radius 3 is 2.84 bits per heavy atom. The zero-order chi connectivity index (χ0) is 31.8. The standard InChI is InChI=1S/C30H25F2N9O3S/c1-3-19(42)36-10-8-18(14-5-4-9-37-26(14)34)41-11-12-44-29-21-24(39-30(43-2)40-28(21)41)22(32)23(38-29)15-6-7-17(31)25-20(15)16(13-33)27(35)45-25/h3-7,9,18H,1,8,10-12,35H2,2H3,(H2,34,37)(H,36,42). The number of halogens is 2. The summed E-state index contributed by atoms with van der Waals surface area (Å²) in [5.74, 6) is -1.26. The quantitative estimate of drug-likeness (QED) is 0.209. The first-order valence-corrected chi connectivity index (χ1v) is 14.4. The first-order chi connectivity index (χ1) is 21.8. The molecule has 0 spiro atoms. The molecule has 15 heteroatoms. The molecule has 5 heterocycles. The maximum atomic E-state index is 16.7. The Kier molecular flexibility index (Phi) is 7.73. The molecule has 0 aliphatic carbocycles. The second-order valence-corrected chi connectivity index (χ2v) is 11.0. The average molecular weight is 630 g/mol. The van der Waals surface area contributed by atoms with Crippen LogP contribution in [0.3, 0.4) is 0 Å². The summed E-state index contributed by atoms with van der Waals surface area (Å²) >= 11 is 0.893. The SMILES string of the molecule is C=CC(=O)NCCC(c1cccnc1N)N1CCOc2nc(-c3ccc(F)c4sc(N)c(C#N)c34)c(F)c3nc(OC)nc1c23. The second kappa shape index (κ2) is 11.8. The molecule has 1 aromatic carbocycles. The number of nitrogens with two attached hydrogens (primary N) is 2. The predicted molar refractivity (Wildman–Crippen MR) is 166 cm³/mol. The summed E-state index contributed by atoms with van der Waals surface area (Å²) in [5.41, 5.74) is 12.8. The van der Waals surface area contributed by atoms with Crippen LogP contribution in [0, 0.1) is 23.0 Å². The van der Waals surface area contributed by atoms with Gasteiger partial charge in [0.2, 0.25) is 11.8 Å². The Labute approximate surface area is 258 Å². The third kappa shape index (κ3) is 5.04. The number of amides is 1. The minimum atomic E-state index is -0.863. The van der Waals surface area contributed by atoms with Crippen molar-refractivity contribution in [2.24, 2.45) is 0 Å². The van der Waals surface area contributed by atoms with E-state index in [-0.39, 0.29) is 91.9 Å². The van der Waals surface area contributed by atoms with Crippen LogP contribution in [0.2, 0.25) is 0 Å². The van der Waals surface area contributed by atoms with Gasteiger partial charge < -0.3 is 31.2 Å². The molecule has 1 amide bonds. The van der Waals surface area contributed by atoms with Gasteiger partial charge in [-0.2, -0.15) is 15.2 Å². The zero-order valence-electron chi connectivity index (χ0n) is 23.8. The third-order valence-electron chi connectivity index (χ3n) is 7.43. The van der Waals surface area contributed by atoms with Gasteiger partial charge in [0.15, 0.2) is 5.82 Å². The maximum absolute atomic E-state index is 16.7. The lowest BCUT2D eigenvalue weighted by molar-refractivity contribution is -0.116. The van der Waals surface area contributed by atoms with E-state index < -0.39 is 17.7 Å². The number of carbonyl (C=O) groups is 1. The molecule has 0 bridgehead atoms. The van der Waals surface area contributed by atoms with E-state index in [1.807, 2.05) is 17.0 Å². The van der Waals surface area contributed by atoms with Crippen LogP contribution in [-0.4, -0.2) is 52.6 Å². The molecule has 12 nitrogen and oxygen atoms in total. The van der Waals surface area contributed by atoms with Crippen LogP contribution in [0.5, 0.6) is 11.9 Å². The molecule has 45 heavy (non-hydrogen) atoms. The lowest BCUT2D eigenvalue weighted by atomic mass is 10.0. The fraction of sp³-hybridized carbons (Fsp3) is 0.200. The number of rotatable bonds is 8. The van der Waals surface area contributed by atoms with Gasteiger partial charge in [0.1, 0.15) is 51.7 Å². The molecule has 0 fully saturated rings. The molecule has 1 unspecified atom stereocenters. The number of benzene rings is 1.